The van der Waals surface area contributed by atoms with Crippen molar-refractivity contribution in [2.24, 2.45) is 5.92 Å². The number of hydrogen-bond acceptors (Lipinski definition) is 1. The van der Waals surface area contributed by atoms with Gasteiger partial charge in [-0.2, -0.15) is 0 Å². The Hall–Kier alpha value is -1.89. The Kier molecular flexibility index (Phi) is 4.73. The Morgan fingerprint density at radius 1 is 1.00 bits per heavy atom. The highest BCUT2D eigenvalue weighted by atomic mass is 16.1. The van der Waals surface area contributed by atoms with E-state index in [0.717, 1.165) is 17.5 Å². The van der Waals surface area contributed by atoms with E-state index in [0.29, 0.717) is 12.3 Å². The lowest BCUT2D eigenvalue weighted by Gasteiger charge is -2.08. The quantitative estimate of drug-likeness (QED) is 0.684. The van der Waals surface area contributed by atoms with Gasteiger partial charge < -0.3 is 0 Å². The molecule has 1 heteroatoms. The van der Waals surface area contributed by atoms with Crippen LogP contribution in [0.2, 0.25) is 0 Å². The molecule has 0 saturated carbocycles. The molecular formula is C19H22O. The van der Waals surface area contributed by atoms with Crippen molar-refractivity contribution in [2.75, 3.05) is 0 Å². The van der Waals surface area contributed by atoms with Gasteiger partial charge in [-0.05, 0) is 35.1 Å². The summed E-state index contributed by atoms with van der Waals surface area (Å²) in [4.78, 5) is 11.8. The molecule has 0 aliphatic carbocycles. The van der Waals surface area contributed by atoms with Crippen LogP contribution in [0.3, 0.4) is 0 Å². The van der Waals surface area contributed by atoms with Crippen molar-refractivity contribution in [3.05, 3.63) is 59.7 Å². The molecule has 0 unspecified atom stereocenters. The molecule has 0 saturated heterocycles. The summed E-state index contributed by atoms with van der Waals surface area (Å²) >= 11 is 0. The maximum Gasteiger partial charge on any atom is 0.162 e. The van der Waals surface area contributed by atoms with Gasteiger partial charge >= 0.3 is 0 Å². The molecule has 2 aromatic carbocycles. The van der Waals surface area contributed by atoms with Gasteiger partial charge in [-0.15, -0.1) is 0 Å². The Bertz CT molecular complexity index is 579. The maximum absolute atomic E-state index is 11.8. The number of Topliss-reactive ketones (excluding diaryl/α,β-unsaturated/α-hetero) is 1. The minimum Gasteiger partial charge on any atom is -0.294 e. The molecule has 1 nitrogen and oxygen atoms in total. The summed E-state index contributed by atoms with van der Waals surface area (Å²) < 4.78 is 0. The van der Waals surface area contributed by atoms with Gasteiger partial charge in [-0.1, -0.05) is 63.2 Å². The second-order valence-electron chi connectivity index (χ2n) is 5.65. The average molecular weight is 266 g/mol. The van der Waals surface area contributed by atoms with Crippen molar-refractivity contribution >= 4 is 5.78 Å². The molecular weight excluding hydrogens is 244 g/mol. The van der Waals surface area contributed by atoms with E-state index >= 15 is 0 Å². The third-order valence-electron chi connectivity index (χ3n) is 3.44. The highest BCUT2D eigenvalue weighted by Gasteiger charge is 2.05. The maximum atomic E-state index is 11.8. The van der Waals surface area contributed by atoms with Gasteiger partial charge in [-0.25, -0.2) is 0 Å². The first-order chi connectivity index (χ1) is 9.60. The van der Waals surface area contributed by atoms with Gasteiger partial charge in [0.2, 0.25) is 0 Å². The molecule has 104 valence electrons. The van der Waals surface area contributed by atoms with E-state index in [4.69, 9.17) is 0 Å². The minimum absolute atomic E-state index is 0.197. The molecule has 2 aromatic rings. The van der Waals surface area contributed by atoms with Crippen molar-refractivity contribution in [1.29, 1.82) is 0 Å². The van der Waals surface area contributed by atoms with E-state index in [1.165, 1.54) is 11.1 Å². The fraction of sp³-hybridized carbons (Fsp3) is 0.316. The zero-order chi connectivity index (χ0) is 14.5. The second-order valence-corrected chi connectivity index (χ2v) is 5.65. The fourth-order valence-electron chi connectivity index (χ4n) is 2.38. The topological polar surface area (TPSA) is 17.1 Å². The van der Waals surface area contributed by atoms with E-state index in [1.807, 2.05) is 25.1 Å². The van der Waals surface area contributed by atoms with Crippen LogP contribution in [0.1, 0.15) is 43.1 Å². The molecule has 0 amide bonds. The van der Waals surface area contributed by atoms with Crippen LogP contribution in [0, 0.1) is 5.92 Å². The molecule has 20 heavy (non-hydrogen) atoms. The summed E-state index contributed by atoms with van der Waals surface area (Å²) in [6.07, 6.45) is 1.66. The molecule has 0 fully saturated rings. The van der Waals surface area contributed by atoms with Gasteiger partial charge in [-0.3, -0.25) is 4.79 Å². The first-order valence-electron chi connectivity index (χ1n) is 7.32. The van der Waals surface area contributed by atoms with E-state index in [2.05, 4.69) is 44.2 Å². The lowest BCUT2D eigenvalue weighted by Crippen LogP contribution is -1.96. The molecule has 0 aromatic heterocycles. The Balaban J connectivity index is 2.25. The molecule has 0 spiro atoms. The smallest absolute Gasteiger partial charge is 0.162 e. The first-order valence-corrected chi connectivity index (χ1v) is 7.32. The predicted molar refractivity (Wildman–Crippen MR) is 85.0 cm³/mol. The number of carbonyl (C=O) groups excluding carboxylic acids is 1. The zero-order valence-corrected chi connectivity index (χ0v) is 12.5. The molecule has 0 aliphatic heterocycles. The fourth-order valence-corrected chi connectivity index (χ4v) is 2.38. The minimum atomic E-state index is 0.197. The van der Waals surface area contributed by atoms with Crippen molar-refractivity contribution in [1.82, 2.24) is 0 Å². The summed E-state index contributed by atoms with van der Waals surface area (Å²) in [5.74, 6) is 0.870. The Labute approximate surface area is 121 Å². The van der Waals surface area contributed by atoms with Crippen LogP contribution in [0.4, 0.5) is 0 Å². The Morgan fingerprint density at radius 2 is 1.70 bits per heavy atom. The molecule has 0 aliphatic rings. The Morgan fingerprint density at radius 3 is 2.30 bits per heavy atom. The van der Waals surface area contributed by atoms with Crippen LogP contribution in [-0.2, 0) is 6.42 Å². The van der Waals surface area contributed by atoms with Crippen LogP contribution < -0.4 is 0 Å². The van der Waals surface area contributed by atoms with Gasteiger partial charge in [0.1, 0.15) is 0 Å². The van der Waals surface area contributed by atoms with E-state index in [9.17, 15) is 4.79 Å². The zero-order valence-electron chi connectivity index (χ0n) is 12.5. The van der Waals surface area contributed by atoms with Crippen molar-refractivity contribution in [2.45, 2.75) is 33.6 Å². The molecule has 2 rings (SSSR count). The molecule has 0 atom stereocenters. The van der Waals surface area contributed by atoms with Gasteiger partial charge in [0.15, 0.2) is 5.78 Å². The number of rotatable bonds is 5. The third kappa shape index (κ3) is 3.57. The molecule has 0 heterocycles. The van der Waals surface area contributed by atoms with Crippen LogP contribution in [0.25, 0.3) is 11.1 Å². The largest absolute Gasteiger partial charge is 0.294 e. The molecule has 0 N–H and O–H groups in total. The SMILES string of the molecule is CCC(=O)c1cccc(-c2ccc(CC(C)C)cc2)c1. The van der Waals surface area contributed by atoms with Crippen LogP contribution in [0.15, 0.2) is 48.5 Å². The van der Waals surface area contributed by atoms with Crippen LogP contribution >= 0.6 is 0 Å². The van der Waals surface area contributed by atoms with Gasteiger partial charge in [0.05, 0.1) is 0 Å². The lowest BCUT2D eigenvalue weighted by atomic mass is 9.97. The van der Waals surface area contributed by atoms with Gasteiger partial charge in [0, 0.05) is 12.0 Å². The van der Waals surface area contributed by atoms with Gasteiger partial charge in [0.25, 0.3) is 0 Å². The van der Waals surface area contributed by atoms with E-state index in [-0.39, 0.29) is 5.78 Å². The summed E-state index contributed by atoms with van der Waals surface area (Å²) in [6.45, 7) is 6.36. The molecule has 0 radical (unpaired) electrons. The second kappa shape index (κ2) is 6.51. The van der Waals surface area contributed by atoms with E-state index < -0.39 is 0 Å². The molecule has 0 bridgehead atoms. The number of ketones is 1. The predicted octanol–water partition coefficient (Wildman–Crippen LogP) is 5.14. The van der Waals surface area contributed by atoms with Crippen molar-refractivity contribution in [3.8, 4) is 11.1 Å². The normalized spacial score (nSPS) is 10.8. The summed E-state index contributed by atoms with van der Waals surface area (Å²) in [7, 11) is 0. The number of hydrogen-bond donors (Lipinski definition) is 0. The standard InChI is InChI=1S/C19H22O/c1-4-19(20)18-7-5-6-17(13-18)16-10-8-15(9-11-16)12-14(2)3/h5-11,13-14H,4,12H2,1-3H3. The van der Waals surface area contributed by atoms with Crippen LogP contribution in [0.5, 0.6) is 0 Å². The van der Waals surface area contributed by atoms with Crippen molar-refractivity contribution < 1.29 is 4.79 Å². The highest BCUT2D eigenvalue weighted by molar-refractivity contribution is 5.96. The van der Waals surface area contributed by atoms with E-state index in [1.54, 1.807) is 0 Å². The lowest BCUT2D eigenvalue weighted by molar-refractivity contribution is 0.0988. The van der Waals surface area contributed by atoms with Crippen LogP contribution in [-0.4, -0.2) is 5.78 Å². The highest BCUT2D eigenvalue weighted by Crippen LogP contribution is 2.22. The summed E-state index contributed by atoms with van der Waals surface area (Å²) in [5, 5.41) is 0. The van der Waals surface area contributed by atoms with Crippen molar-refractivity contribution in [3.63, 3.8) is 0 Å². The summed E-state index contributed by atoms with van der Waals surface area (Å²) in [6, 6.07) is 16.6. The number of carbonyl (C=O) groups is 1. The first kappa shape index (κ1) is 14.5. The average Bonchev–Trinajstić information content (AvgIpc) is 2.47. The monoisotopic (exact) mass is 266 g/mol. The summed E-state index contributed by atoms with van der Waals surface area (Å²) in [5.41, 5.74) is 4.45. The third-order valence-corrected chi connectivity index (χ3v) is 3.44. The number of benzene rings is 2.